The lowest BCUT2D eigenvalue weighted by Gasteiger charge is -2.17. The number of rotatable bonds is 7. The van der Waals surface area contributed by atoms with Gasteiger partial charge in [-0.25, -0.2) is 0 Å². The number of carbonyl (C=O) groups excluding carboxylic acids is 2. The van der Waals surface area contributed by atoms with Gasteiger partial charge in [-0.05, 0) is 5.92 Å². The molecule has 2 N–H and O–H groups in total. The van der Waals surface area contributed by atoms with E-state index in [0.29, 0.717) is 13.0 Å². The molecule has 0 aromatic carbocycles. The van der Waals surface area contributed by atoms with Gasteiger partial charge >= 0.3 is 5.97 Å². The molecule has 0 radical (unpaired) electrons. The van der Waals surface area contributed by atoms with Gasteiger partial charge in [0, 0.05) is 26.9 Å². The van der Waals surface area contributed by atoms with Crippen LogP contribution in [-0.2, 0) is 14.4 Å². The highest BCUT2D eigenvalue weighted by Gasteiger charge is 2.13. The molecule has 0 aliphatic carbocycles. The molecule has 0 saturated heterocycles. The summed E-state index contributed by atoms with van der Waals surface area (Å²) in [5, 5.41) is 11.3. The van der Waals surface area contributed by atoms with Crippen LogP contribution >= 0.6 is 0 Å². The molecule has 0 bridgehead atoms. The number of carboxylic acid groups (broad SMARTS) is 1. The lowest BCUT2D eigenvalue weighted by Crippen LogP contribution is -2.39. The SMILES string of the molecule is CCC(CNC(=O)CN(C)C(C)=O)CC(=O)O. The molecule has 0 heterocycles. The molecule has 1 atom stereocenters. The van der Waals surface area contributed by atoms with E-state index in [4.69, 9.17) is 5.11 Å². The van der Waals surface area contributed by atoms with Crippen molar-refractivity contribution in [3.63, 3.8) is 0 Å². The maximum Gasteiger partial charge on any atom is 0.303 e. The minimum absolute atomic E-state index is 0.00115. The second-order valence-corrected chi connectivity index (χ2v) is 4.05. The van der Waals surface area contributed by atoms with Gasteiger partial charge in [-0.3, -0.25) is 14.4 Å². The third kappa shape index (κ3) is 7.32. The second kappa shape index (κ2) is 7.65. The van der Waals surface area contributed by atoms with Crippen LogP contribution in [0.5, 0.6) is 0 Å². The Labute approximate surface area is 101 Å². The molecule has 0 fully saturated rings. The van der Waals surface area contributed by atoms with Crippen molar-refractivity contribution in [3.05, 3.63) is 0 Å². The first kappa shape index (κ1) is 15.4. The molecule has 6 nitrogen and oxygen atoms in total. The normalized spacial score (nSPS) is 11.7. The van der Waals surface area contributed by atoms with Gasteiger partial charge in [0.15, 0.2) is 0 Å². The Balaban J connectivity index is 3.96. The van der Waals surface area contributed by atoms with Gasteiger partial charge in [0.25, 0.3) is 0 Å². The van der Waals surface area contributed by atoms with Crippen molar-refractivity contribution in [3.8, 4) is 0 Å². The average Bonchev–Trinajstić information content (AvgIpc) is 2.23. The number of likely N-dealkylation sites (N-methyl/N-ethyl adjacent to an activating group) is 1. The molecule has 0 saturated carbocycles. The van der Waals surface area contributed by atoms with E-state index in [9.17, 15) is 14.4 Å². The van der Waals surface area contributed by atoms with Crippen molar-refractivity contribution in [1.29, 1.82) is 0 Å². The zero-order chi connectivity index (χ0) is 13.4. The standard InChI is InChI=1S/C11H20N2O4/c1-4-9(5-11(16)17)6-12-10(15)7-13(3)8(2)14/h9H,4-7H2,1-3H3,(H,12,15)(H,16,17). The quantitative estimate of drug-likeness (QED) is 0.664. The summed E-state index contributed by atoms with van der Waals surface area (Å²) in [4.78, 5) is 34.1. The number of carboxylic acids is 1. The van der Waals surface area contributed by atoms with E-state index in [-0.39, 0.29) is 30.7 Å². The molecule has 1 unspecified atom stereocenters. The zero-order valence-electron chi connectivity index (χ0n) is 10.5. The van der Waals surface area contributed by atoms with Gasteiger partial charge in [-0.2, -0.15) is 0 Å². The lowest BCUT2D eigenvalue weighted by atomic mass is 10.0. The third-order valence-corrected chi connectivity index (χ3v) is 2.55. The maximum absolute atomic E-state index is 11.4. The molecule has 0 aromatic rings. The van der Waals surface area contributed by atoms with Gasteiger partial charge in [0.2, 0.25) is 11.8 Å². The molecule has 98 valence electrons. The van der Waals surface area contributed by atoms with Crippen LogP contribution in [0.15, 0.2) is 0 Å². The minimum atomic E-state index is -0.869. The topological polar surface area (TPSA) is 86.7 Å². The van der Waals surface area contributed by atoms with Gasteiger partial charge in [-0.15, -0.1) is 0 Å². The average molecular weight is 244 g/mol. The van der Waals surface area contributed by atoms with E-state index in [1.807, 2.05) is 6.92 Å². The van der Waals surface area contributed by atoms with Crippen LogP contribution < -0.4 is 5.32 Å². The van der Waals surface area contributed by atoms with Crippen molar-refractivity contribution < 1.29 is 19.5 Å². The largest absolute Gasteiger partial charge is 0.481 e. The summed E-state index contributed by atoms with van der Waals surface area (Å²) in [6, 6.07) is 0. The van der Waals surface area contributed by atoms with E-state index >= 15 is 0 Å². The fourth-order valence-electron chi connectivity index (χ4n) is 1.25. The van der Waals surface area contributed by atoms with Crippen LogP contribution in [0.2, 0.25) is 0 Å². The highest BCUT2D eigenvalue weighted by molar-refractivity contribution is 5.83. The molecule has 0 spiro atoms. The molecular formula is C11H20N2O4. The van der Waals surface area contributed by atoms with Crippen LogP contribution in [0.1, 0.15) is 26.7 Å². The second-order valence-electron chi connectivity index (χ2n) is 4.05. The number of nitrogens with one attached hydrogen (secondary N) is 1. The Morgan fingerprint density at radius 1 is 1.35 bits per heavy atom. The summed E-state index contributed by atoms with van der Waals surface area (Å²) >= 11 is 0. The van der Waals surface area contributed by atoms with Gasteiger partial charge in [-0.1, -0.05) is 13.3 Å². The molecule has 2 amide bonds. The molecule has 17 heavy (non-hydrogen) atoms. The number of amides is 2. The first-order valence-corrected chi connectivity index (χ1v) is 5.57. The summed E-state index contributed by atoms with van der Waals surface area (Å²) in [6.45, 7) is 3.58. The van der Waals surface area contributed by atoms with Crippen LogP contribution in [0.4, 0.5) is 0 Å². The highest BCUT2D eigenvalue weighted by Crippen LogP contribution is 2.06. The Bertz CT molecular complexity index is 291. The minimum Gasteiger partial charge on any atom is -0.481 e. The van der Waals surface area contributed by atoms with Gasteiger partial charge < -0.3 is 15.3 Å². The monoisotopic (exact) mass is 244 g/mol. The van der Waals surface area contributed by atoms with Crippen molar-refractivity contribution in [2.24, 2.45) is 5.92 Å². The molecule has 0 aliphatic heterocycles. The number of nitrogens with zero attached hydrogens (tertiary/aromatic N) is 1. The molecular weight excluding hydrogens is 224 g/mol. The smallest absolute Gasteiger partial charge is 0.303 e. The van der Waals surface area contributed by atoms with Crippen LogP contribution in [0.3, 0.4) is 0 Å². The Hall–Kier alpha value is -1.59. The van der Waals surface area contributed by atoms with Gasteiger partial charge in [0.1, 0.15) is 0 Å². The van der Waals surface area contributed by atoms with Crippen LogP contribution in [0, 0.1) is 5.92 Å². The Kier molecular flexibility index (Phi) is 6.93. The molecule has 0 rings (SSSR count). The van der Waals surface area contributed by atoms with E-state index in [1.165, 1.54) is 18.9 Å². The number of hydrogen-bond acceptors (Lipinski definition) is 3. The summed E-state index contributed by atoms with van der Waals surface area (Å²) in [5.74, 6) is -1.39. The summed E-state index contributed by atoms with van der Waals surface area (Å²) in [7, 11) is 1.54. The van der Waals surface area contributed by atoms with Crippen molar-refractivity contribution >= 4 is 17.8 Å². The summed E-state index contributed by atoms with van der Waals surface area (Å²) in [5.41, 5.74) is 0. The summed E-state index contributed by atoms with van der Waals surface area (Å²) < 4.78 is 0. The van der Waals surface area contributed by atoms with Crippen LogP contribution in [-0.4, -0.2) is 47.9 Å². The fraction of sp³-hybridized carbons (Fsp3) is 0.727. The van der Waals surface area contributed by atoms with Crippen molar-refractivity contribution in [1.82, 2.24) is 10.2 Å². The van der Waals surface area contributed by atoms with E-state index < -0.39 is 5.97 Å². The first-order chi connectivity index (χ1) is 7.86. The molecule has 6 heteroatoms. The predicted octanol–water partition coefficient (Wildman–Crippen LogP) is 0.0818. The van der Waals surface area contributed by atoms with E-state index in [1.54, 1.807) is 0 Å². The fourth-order valence-corrected chi connectivity index (χ4v) is 1.25. The maximum atomic E-state index is 11.4. The highest BCUT2D eigenvalue weighted by atomic mass is 16.4. The third-order valence-electron chi connectivity index (χ3n) is 2.55. The lowest BCUT2D eigenvalue weighted by molar-refractivity contribution is -0.138. The van der Waals surface area contributed by atoms with Crippen molar-refractivity contribution in [2.75, 3.05) is 20.1 Å². The van der Waals surface area contributed by atoms with Crippen LogP contribution in [0.25, 0.3) is 0 Å². The zero-order valence-corrected chi connectivity index (χ0v) is 10.5. The summed E-state index contributed by atoms with van der Waals surface area (Å²) in [6.07, 6.45) is 0.731. The van der Waals surface area contributed by atoms with E-state index in [2.05, 4.69) is 5.32 Å². The predicted molar refractivity (Wildman–Crippen MR) is 62.4 cm³/mol. The Morgan fingerprint density at radius 2 is 1.94 bits per heavy atom. The Morgan fingerprint density at radius 3 is 2.35 bits per heavy atom. The van der Waals surface area contributed by atoms with E-state index in [0.717, 1.165) is 0 Å². The number of carbonyl (C=O) groups is 3. The van der Waals surface area contributed by atoms with Crippen molar-refractivity contribution in [2.45, 2.75) is 26.7 Å². The number of hydrogen-bond donors (Lipinski definition) is 2. The number of aliphatic carboxylic acids is 1. The first-order valence-electron chi connectivity index (χ1n) is 5.57. The molecule has 0 aromatic heterocycles. The van der Waals surface area contributed by atoms with Gasteiger partial charge in [0.05, 0.1) is 6.54 Å². The molecule has 0 aliphatic rings.